The Balaban J connectivity index is 1.46. The number of pyridine rings is 1. The molecule has 1 fully saturated rings. The molecule has 0 atom stereocenters. The quantitative estimate of drug-likeness (QED) is 0.843. The van der Waals surface area contributed by atoms with Crippen molar-refractivity contribution in [3.63, 3.8) is 0 Å². The van der Waals surface area contributed by atoms with E-state index in [4.69, 9.17) is 4.74 Å². The number of rotatable bonds is 7. The zero-order chi connectivity index (χ0) is 17.5. The molecule has 0 bridgehead atoms. The molecule has 1 aliphatic rings. The monoisotopic (exact) mass is 339 g/mol. The number of nitrogens with zero attached hydrogens (tertiary/aromatic N) is 2. The van der Waals surface area contributed by atoms with Crippen molar-refractivity contribution >= 4 is 11.7 Å². The van der Waals surface area contributed by atoms with E-state index < -0.39 is 0 Å². The van der Waals surface area contributed by atoms with E-state index in [1.165, 1.54) is 18.4 Å². The normalized spacial score (nSPS) is 13.7. The first-order chi connectivity index (χ1) is 12.2. The maximum absolute atomic E-state index is 12.0. The lowest BCUT2D eigenvalue weighted by Gasteiger charge is -2.17. The molecule has 5 nitrogen and oxygen atoms in total. The van der Waals surface area contributed by atoms with E-state index in [0.717, 1.165) is 30.9 Å². The van der Waals surface area contributed by atoms with E-state index in [0.29, 0.717) is 12.3 Å². The molecular formula is C20H25N3O2. The number of carbonyl (C=O) groups excluding carboxylic acids is 1. The summed E-state index contributed by atoms with van der Waals surface area (Å²) in [6.45, 7) is 4.74. The lowest BCUT2D eigenvalue weighted by atomic mass is 10.2. The highest BCUT2D eigenvalue weighted by Gasteiger charge is 2.13. The van der Waals surface area contributed by atoms with Gasteiger partial charge >= 0.3 is 0 Å². The highest BCUT2D eigenvalue weighted by atomic mass is 16.5. The molecule has 1 aromatic heterocycles. The van der Waals surface area contributed by atoms with Crippen molar-refractivity contribution in [2.75, 3.05) is 24.6 Å². The molecule has 2 heterocycles. The van der Waals surface area contributed by atoms with Gasteiger partial charge in [-0.05, 0) is 54.7 Å². The fraction of sp³-hybridized carbons (Fsp3) is 0.400. The van der Waals surface area contributed by atoms with Gasteiger partial charge in [-0.3, -0.25) is 4.79 Å². The van der Waals surface area contributed by atoms with E-state index in [1.807, 2.05) is 30.3 Å². The van der Waals surface area contributed by atoms with Gasteiger partial charge in [0.05, 0.1) is 0 Å². The minimum Gasteiger partial charge on any atom is -0.484 e. The van der Waals surface area contributed by atoms with Crippen LogP contribution < -0.4 is 15.0 Å². The fourth-order valence-electron chi connectivity index (χ4n) is 2.91. The van der Waals surface area contributed by atoms with E-state index >= 15 is 0 Å². The molecule has 1 amide bonds. The molecule has 1 aromatic carbocycles. The van der Waals surface area contributed by atoms with Gasteiger partial charge in [0.25, 0.3) is 5.91 Å². The number of hydrogen-bond acceptors (Lipinski definition) is 4. The van der Waals surface area contributed by atoms with Crippen LogP contribution in [0.5, 0.6) is 5.75 Å². The van der Waals surface area contributed by atoms with Crippen LogP contribution >= 0.6 is 0 Å². The van der Waals surface area contributed by atoms with Crippen molar-refractivity contribution in [3.05, 3.63) is 53.7 Å². The summed E-state index contributed by atoms with van der Waals surface area (Å²) < 4.78 is 5.53. The van der Waals surface area contributed by atoms with Gasteiger partial charge in [-0.1, -0.05) is 19.1 Å². The number of amides is 1. The number of hydrogen-bond donors (Lipinski definition) is 1. The Morgan fingerprint density at radius 1 is 1.16 bits per heavy atom. The summed E-state index contributed by atoms with van der Waals surface area (Å²) in [5, 5.41) is 2.90. The standard InChI is InChI=1S/C20H25N3O2/c1-2-16-5-7-18(8-6-16)25-15-20(24)22-14-17-9-10-21-19(13-17)23-11-3-4-12-23/h5-10,13H,2-4,11-12,14-15H2,1H3,(H,22,24). The summed E-state index contributed by atoms with van der Waals surface area (Å²) in [4.78, 5) is 18.7. The second kappa shape index (κ2) is 8.51. The van der Waals surface area contributed by atoms with E-state index in [-0.39, 0.29) is 12.5 Å². The van der Waals surface area contributed by atoms with Crippen LogP contribution in [0.15, 0.2) is 42.6 Å². The molecule has 0 saturated carbocycles. The van der Waals surface area contributed by atoms with Gasteiger partial charge in [-0.2, -0.15) is 0 Å². The third-order valence-corrected chi connectivity index (χ3v) is 4.43. The molecule has 1 aliphatic heterocycles. The molecule has 132 valence electrons. The highest BCUT2D eigenvalue weighted by molar-refractivity contribution is 5.77. The highest BCUT2D eigenvalue weighted by Crippen LogP contribution is 2.18. The van der Waals surface area contributed by atoms with Crippen LogP contribution in [0, 0.1) is 0 Å². The molecule has 0 unspecified atom stereocenters. The molecule has 25 heavy (non-hydrogen) atoms. The number of benzene rings is 1. The van der Waals surface area contributed by atoms with Crippen LogP contribution in [0.25, 0.3) is 0 Å². The first-order valence-electron chi connectivity index (χ1n) is 8.93. The third-order valence-electron chi connectivity index (χ3n) is 4.43. The summed E-state index contributed by atoms with van der Waals surface area (Å²) in [6.07, 6.45) is 5.24. The Kier molecular flexibility index (Phi) is 5.88. The van der Waals surface area contributed by atoms with Gasteiger partial charge in [-0.25, -0.2) is 4.98 Å². The summed E-state index contributed by atoms with van der Waals surface area (Å²) in [6, 6.07) is 11.8. The summed E-state index contributed by atoms with van der Waals surface area (Å²) >= 11 is 0. The maximum atomic E-state index is 12.0. The smallest absolute Gasteiger partial charge is 0.258 e. The summed E-state index contributed by atoms with van der Waals surface area (Å²) in [7, 11) is 0. The van der Waals surface area contributed by atoms with Crippen LogP contribution in [0.4, 0.5) is 5.82 Å². The topological polar surface area (TPSA) is 54.5 Å². The van der Waals surface area contributed by atoms with Gasteiger partial charge in [0.2, 0.25) is 0 Å². The number of aryl methyl sites for hydroxylation is 1. The van der Waals surface area contributed by atoms with Gasteiger partial charge < -0.3 is 15.0 Å². The molecule has 0 aliphatic carbocycles. The zero-order valence-corrected chi connectivity index (χ0v) is 14.7. The van der Waals surface area contributed by atoms with Crippen LogP contribution in [0.3, 0.4) is 0 Å². The lowest BCUT2D eigenvalue weighted by Crippen LogP contribution is -2.28. The average molecular weight is 339 g/mol. The predicted octanol–water partition coefficient (Wildman–Crippen LogP) is 2.94. The lowest BCUT2D eigenvalue weighted by molar-refractivity contribution is -0.123. The molecule has 2 aromatic rings. The van der Waals surface area contributed by atoms with Crippen molar-refractivity contribution < 1.29 is 9.53 Å². The zero-order valence-electron chi connectivity index (χ0n) is 14.7. The minimum atomic E-state index is -0.126. The number of carbonyl (C=O) groups is 1. The van der Waals surface area contributed by atoms with E-state index in [9.17, 15) is 4.79 Å². The molecule has 5 heteroatoms. The Hall–Kier alpha value is -2.56. The first kappa shape index (κ1) is 17.3. The van der Waals surface area contributed by atoms with Crippen LogP contribution in [-0.4, -0.2) is 30.6 Å². The van der Waals surface area contributed by atoms with Gasteiger partial charge in [0.1, 0.15) is 11.6 Å². The van der Waals surface area contributed by atoms with Crippen molar-refractivity contribution in [1.29, 1.82) is 0 Å². The number of aromatic nitrogens is 1. The van der Waals surface area contributed by atoms with Crippen molar-refractivity contribution in [2.45, 2.75) is 32.7 Å². The van der Waals surface area contributed by atoms with Gasteiger partial charge in [0, 0.05) is 25.8 Å². The average Bonchev–Trinajstić information content (AvgIpc) is 3.20. The largest absolute Gasteiger partial charge is 0.484 e. The predicted molar refractivity (Wildman–Crippen MR) is 98.8 cm³/mol. The maximum Gasteiger partial charge on any atom is 0.258 e. The molecule has 0 radical (unpaired) electrons. The molecule has 3 rings (SSSR count). The molecular weight excluding hydrogens is 314 g/mol. The van der Waals surface area contributed by atoms with E-state index in [2.05, 4.69) is 28.2 Å². The number of nitrogens with one attached hydrogen (secondary N) is 1. The first-order valence-corrected chi connectivity index (χ1v) is 8.93. The molecule has 1 N–H and O–H groups in total. The van der Waals surface area contributed by atoms with Crippen molar-refractivity contribution in [2.24, 2.45) is 0 Å². The minimum absolute atomic E-state index is 0.0234. The summed E-state index contributed by atoms with van der Waals surface area (Å²) in [5.74, 6) is 1.59. The molecule has 1 saturated heterocycles. The SMILES string of the molecule is CCc1ccc(OCC(=O)NCc2ccnc(N3CCCC3)c2)cc1. The fourth-order valence-corrected chi connectivity index (χ4v) is 2.91. The van der Waals surface area contributed by atoms with Gasteiger partial charge in [-0.15, -0.1) is 0 Å². The van der Waals surface area contributed by atoms with Crippen molar-refractivity contribution in [3.8, 4) is 5.75 Å². The Morgan fingerprint density at radius 3 is 2.64 bits per heavy atom. The van der Waals surface area contributed by atoms with Crippen molar-refractivity contribution in [1.82, 2.24) is 10.3 Å². The number of anilines is 1. The Labute approximate surface area is 149 Å². The van der Waals surface area contributed by atoms with Crippen LogP contribution in [0.2, 0.25) is 0 Å². The Bertz CT molecular complexity index is 694. The second-order valence-electron chi connectivity index (χ2n) is 6.28. The molecule has 0 spiro atoms. The Morgan fingerprint density at radius 2 is 1.92 bits per heavy atom. The summed E-state index contributed by atoms with van der Waals surface area (Å²) in [5.41, 5.74) is 2.31. The second-order valence-corrected chi connectivity index (χ2v) is 6.28. The van der Waals surface area contributed by atoms with Gasteiger partial charge in [0.15, 0.2) is 6.61 Å². The van der Waals surface area contributed by atoms with Crippen LogP contribution in [-0.2, 0) is 17.8 Å². The van der Waals surface area contributed by atoms with E-state index in [1.54, 1.807) is 6.20 Å². The third kappa shape index (κ3) is 4.95. The van der Waals surface area contributed by atoms with Crippen LogP contribution in [0.1, 0.15) is 30.9 Å². The number of ether oxygens (including phenoxy) is 1.